The Kier molecular flexibility index (Phi) is 2.83. The zero-order chi connectivity index (χ0) is 11.0. The van der Waals surface area contributed by atoms with Crippen molar-refractivity contribution in [2.45, 2.75) is 32.1 Å². The molecule has 0 spiro atoms. The largest absolute Gasteiger partial charge is 0.303 e. The first-order valence-electron chi connectivity index (χ1n) is 5.27. The number of rotatable bonds is 4. The van der Waals surface area contributed by atoms with Gasteiger partial charge >= 0.3 is 0 Å². The van der Waals surface area contributed by atoms with Gasteiger partial charge in [-0.1, -0.05) is 11.6 Å². The minimum atomic E-state index is 0.265. The molecule has 0 saturated heterocycles. The molecule has 3 nitrogen and oxygen atoms in total. The van der Waals surface area contributed by atoms with Crippen LogP contribution in [0.25, 0.3) is 0 Å². The number of carbonyl (C=O) groups excluding carboxylic acids is 1. The minimum absolute atomic E-state index is 0.265. The number of halogens is 1. The second-order valence-electron chi connectivity index (χ2n) is 4.25. The van der Waals surface area contributed by atoms with E-state index in [0.717, 1.165) is 22.7 Å². The maximum absolute atomic E-state index is 10.7. The van der Waals surface area contributed by atoms with Gasteiger partial charge in [-0.2, -0.15) is 5.10 Å². The molecule has 0 radical (unpaired) electrons. The molecule has 0 aliphatic heterocycles. The second kappa shape index (κ2) is 3.97. The first-order valence-corrected chi connectivity index (χ1v) is 5.65. The molecular formula is C11H15ClN2O. The average Bonchev–Trinajstić information content (AvgIpc) is 2.96. The summed E-state index contributed by atoms with van der Waals surface area (Å²) < 4.78 is 1.82. The van der Waals surface area contributed by atoms with E-state index in [2.05, 4.69) is 5.10 Å². The second-order valence-corrected chi connectivity index (χ2v) is 4.63. The van der Waals surface area contributed by atoms with Gasteiger partial charge in [-0.3, -0.25) is 4.68 Å². The predicted molar refractivity (Wildman–Crippen MR) is 59.1 cm³/mol. The number of nitrogens with zero attached hydrogens (tertiary/aromatic N) is 2. The van der Waals surface area contributed by atoms with Crippen LogP contribution in [-0.4, -0.2) is 16.1 Å². The highest BCUT2D eigenvalue weighted by Gasteiger charge is 2.35. The molecule has 0 amide bonds. The molecule has 1 aromatic rings. The van der Waals surface area contributed by atoms with E-state index in [1.807, 2.05) is 18.7 Å². The Morgan fingerprint density at radius 1 is 1.67 bits per heavy atom. The Hall–Kier alpha value is -0.830. The molecule has 0 N–H and O–H groups in total. The molecule has 4 heteroatoms. The van der Waals surface area contributed by atoms with Crippen LogP contribution >= 0.6 is 11.6 Å². The quantitative estimate of drug-likeness (QED) is 0.740. The zero-order valence-corrected chi connectivity index (χ0v) is 9.79. The molecule has 82 valence electrons. The molecule has 15 heavy (non-hydrogen) atoms. The van der Waals surface area contributed by atoms with Crippen molar-refractivity contribution < 1.29 is 4.79 Å². The van der Waals surface area contributed by atoms with Gasteiger partial charge in [-0.25, -0.2) is 0 Å². The van der Waals surface area contributed by atoms with E-state index in [1.54, 1.807) is 0 Å². The summed E-state index contributed by atoms with van der Waals surface area (Å²) in [6, 6.07) is 0. The molecule has 1 aromatic heterocycles. The van der Waals surface area contributed by atoms with Crippen LogP contribution in [0.3, 0.4) is 0 Å². The van der Waals surface area contributed by atoms with Crippen molar-refractivity contribution in [1.82, 2.24) is 9.78 Å². The maximum Gasteiger partial charge on any atom is 0.120 e. The molecule has 1 aliphatic carbocycles. The van der Waals surface area contributed by atoms with E-state index in [-0.39, 0.29) is 5.92 Å². The normalized spacial score (nSPS) is 17.8. The Labute approximate surface area is 94.4 Å². The third-order valence-electron chi connectivity index (χ3n) is 3.08. The summed E-state index contributed by atoms with van der Waals surface area (Å²) in [7, 11) is 1.90. The lowest BCUT2D eigenvalue weighted by molar-refractivity contribution is -0.108. The van der Waals surface area contributed by atoms with E-state index < -0.39 is 0 Å². The Bertz CT molecular complexity index is 382. The highest BCUT2D eigenvalue weighted by atomic mass is 35.5. The van der Waals surface area contributed by atoms with Gasteiger partial charge in [0.1, 0.15) is 6.29 Å². The lowest BCUT2D eigenvalue weighted by Gasteiger charge is -2.14. The first kappa shape index (κ1) is 10.7. The van der Waals surface area contributed by atoms with Crippen molar-refractivity contribution in [1.29, 1.82) is 0 Å². The van der Waals surface area contributed by atoms with Crippen molar-refractivity contribution in [2.75, 3.05) is 0 Å². The van der Waals surface area contributed by atoms with Crippen LogP contribution in [0, 0.1) is 12.8 Å². The van der Waals surface area contributed by atoms with Gasteiger partial charge in [-0.15, -0.1) is 0 Å². The number of aryl methyl sites for hydroxylation is 2. The van der Waals surface area contributed by atoms with Crippen LogP contribution in [0.5, 0.6) is 0 Å². The summed E-state index contributed by atoms with van der Waals surface area (Å²) in [5, 5.41) is 5.03. The fourth-order valence-electron chi connectivity index (χ4n) is 2.18. The number of hydrogen-bond acceptors (Lipinski definition) is 2. The summed E-state index contributed by atoms with van der Waals surface area (Å²) in [5.41, 5.74) is 1.88. The van der Waals surface area contributed by atoms with E-state index >= 15 is 0 Å². The Morgan fingerprint density at radius 2 is 2.33 bits per heavy atom. The summed E-state index contributed by atoms with van der Waals surface area (Å²) in [6.07, 6.45) is 3.96. The van der Waals surface area contributed by atoms with E-state index in [4.69, 9.17) is 11.6 Å². The lowest BCUT2D eigenvalue weighted by atomic mass is 9.96. The van der Waals surface area contributed by atoms with Crippen molar-refractivity contribution in [2.24, 2.45) is 13.0 Å². The van der Waals surface area contributed by atoms with E-state index in [9.17, 15) is 4.79 Å². The molecule has 1 heterocycles. The summed E-state index contributed by atoms with van der Waals surface area (Å²) in [4.78, 5) is 10.7. The summed E-state index contributed by atoms with van der Waals surface area (Å²) >= 11 is 6.22. The van der Waals surface area contributed by atoms with Crippen molar-refractivity contribution in [3.05, 3.63) is 16.4 Å². The van der Waals surface area contributed by atoms with E-state index in [1.165, 1.54) is 12.8 Å². The number of aromatic nitrogens is 2. The smallest absolute Gasteiger partial charge is 0.120 e. The van der Waals surface area contributed by atoms with Crippen LogP contribution in [0.15, 0.2) is 0 Å². The zero-order valence-electron chi connectivity index (χ0n) is 9.03. The van der Waals surface area contributed by atoms with E-state index in [0.29, 0.717) is 12.3 Å². The molecular weight excluding hydrogens is 212 g/mol. The number of carbonyl (C=O) groups is 1. The van der Waals surface area contributed by atoms with Crippen molar-refractivity contribution in [3.8, 4) is 0 Å². The molecule has 1 fully saturated rings. The van der Waals surface area contributed by atoms with Crippen LogP contribution < -0.4 is 0 Å². The fourth-order valence-corrected chi connectivity index (χ4v) is 2.48. The highest BCUT2D eigenvalue weighted by molar-refractivity contribution is 6.32. The third kappa shape index (κ3) is 1.93. The summed E-state index contributed by atoms with van der Waals surface area (Å²) in [5.74, 6) is 0.892. The minimum Gasteiger partial charge on any atom is -0.303 e. The van der Waals surface area contributed by atoms with Gasteiger partial charge in [0.25, 0.3) is 0 Å². The molecule has 0 bridgehead atoms. The van der Waals surface area contributed by atoms with Gasteiger partial charge < -0.3 is 4.79 Å². The van der Waals surface area contributed by atoms with Crippen molar-refractivity contribution >= 4 is 17.9 Å². The standard InChI is InChI=1S/C11H15ClN2O/c1-7-10(12)11(14(2)13-7)9(5-6-15)8-3-4-8/h6,8-9H,3-5H2,1-2H3. The van der Waals surface area contributed by atoms with Gasteiger partial charge in [0.15, 0.2) is 0 Å². The number of aldehydes is 1. The van der Waals surface area contributed by atoms with Crippen molar-refractivity contribution in [3.63, 3.8) is 0 Å². The third-order valence-corrected chi connectivity index (χ3v) is 3.55. The van der Waals surface area contributed by atoms with Crippen LogP contribution in [0.2, 0.25) is 5.02 Å². The highest BCUT2D eigenvalue weighted by Crippen LogP contribution is 2.46. The van der Waals surface area contributed by atoms with Crippen LogP contribution in [0.4, 0.5) is 0 Å². The van der Waals surface area contributed by atoms with Gasteiger partial charge in [0.05, 0.1) is 16.4 Å². The predicted octanol–water partition coefficient (Wildman–Crippen LogP) is 2.46. The average molecular weight is 227 g/mol. The van der Waals surface area contributed by atoms with Crippen LogP contribution in [-0.2, 0) is 11.8 Å². The molecule has 2 rings (SSSR count). The fraction of sp³-hybridized carbons (Fsp3) is 0.636. The summed E-state index contributed by atoms with van der Waals surface area (Å²) in [6.45, 7) is 1.90. The molecule has 0 aromatic carbocycles. The van der Waals surface area contributed by atoms with Gasteiger partial charge in [0.2, 0.25) is 0 Å². The van der Waals surface area contributed by atoms with Gasteiger partial charge in [-0.05, 0) is 25.7 Å². The SMILES string of the molecule is Cc1nn(C)c(C(CC=O)C2CC2)c1Cl. The Balaban J connectivity index is 2.35. The molecule has 1 saturated carbocycles. The Morgan fingerprint density at radius 3 is 2.73 bits per heavy atom. The first-order chi connectivity index (χ1) is 7.15. The molecule has 1 aliphatic rings. The van der Waals surface area contributed by atoms with Crippen LogP contribution in [0.1, 0.15) is 36.6 Å². The van der Waals surface area contributed by atoms with Gasteiger partial charge in [0, 0.05) is 19.4 Å². The lowest BCUT2D eigenvalue weighted by Crippen LogP contribution is -2.09. The monoisotopic (exact) mass is 226 g/mol. The maximum atomic E-state index is 10.7. The molecule has 1 atom stereocenters. The topological polar surface area (TPSA) is 34.9 Å². The number of hydrogen-bond donors (Lipinski definition) is 0. The molecule has 1 unspecified atom stereocenters.